The van der Waals surface area contributed by atoms with Gasteiger partial charge in [-0.2, -0.15) is 13.2 Å². The first-order valence-corrected chi connectivity index (χ1v) is 30.6. The number of alkyl halides is 3. The summed E-state index contributed by atoms with van der Waals surface area (Å²) in [5.74, 6) is -1.76. The summed E-state index contributed by atoms with van der Waals surface area (Å²) in [5, 5.41) is 13.0. The van der Waals surface area contributed by atoms with E-state index in [1.54, 1.807) is 24.3 Å². The van der Waals surface area contributed by atoms with E-state index in [1.165, 1.54) is 36.0 Å². The number of piperazine rings is 1. The minimum atomic E-state index is -6.09. The van der Waals surface area contributed by atoms with E-state index in [2.05, 4.69) is 24.4 Å². The van der Waals surface area contributed by atoms with Gasteiger partial charge in [-0.25, -0.2) is 29.6 Å². The van der Waals surface area contributed by atoms with Crippen molar-refractivity contribution in [2.45, 2.75) is 78.1 Å². The first-order chi connectivity index (χ1) is 36.5. The van der Waals surface area contributed by atoms with Gasteiger partial charge in [0.05, 0.1) is 27.9 Å². The number of hydrogen-bond acceptors (Lipinski definition) is 12. The predicted octanol–water partition coefficient (Wildman–Crippen LogP) is 10.8. The number of nitrogens with zero attached hydrogens (tertiary/aromatic N) is 4. The van der Waals surface area contributed by atoms with Crippen LogP contribution in [0.1, 0.15) is 50.4 Å². The number of rotatable bonds is 20. The zero-order valence-electron chi connectivity index (χ0n) is 42.3. The zero-order chi connectivity index (χ0) is 55.4. The molecule has 0 spiro atoms. The molecule has 1 aromatic heterocycles. The number of benzene rings is 5. The second kappa shape index (κ2) is 24.1. The highest BCUT2D eigenvalue weighted by atomic mass is 35.5. The van der Waals surface area contributed by atoms with Crippen LogP contribution in [0.3, 0.4) is 0 Å². The number of sulfonamides is 1. The van der Waals surface area contributed by atoms with Gasteiger partial charge in [-0.1, -0.05) is 41.9 Å². The number of carboxylic acids is 1. The Morgan fingerprint density at radius 1 is 0.818 bits per heavy atom. The number of nitrogens with one attached hydrogen (secondary N) is 2. The van der Waals surface area contributed by atoms with Crippen molar-refractivity contribution in [3.05, 3.63) is 137 Å². The maximum Gasteiger partial charge on any atom is 0.501 e. The van der Waals surface area contributed by atoms with Crippen LogP contribution in [0.15, 0.2) is 130 Å². The molecular weight excluding hydrogens is 1100 g/mol. The Labute approximate surface area is 457 Å². The highest BCUT2D eigenvalue weighted by molar-refractivity contribution is 7.99. The number of sulfone groups is 1. The number of aliphatic carboxylic acids is 1. The molecule has 8 rings (SSSR count). The van der Waals surface area contributed by atoms with Gasteiger partial charge < -0.3 is 29.7 Å². The fourth-order valence-corrected chi connectivity index (χ4v) is 13.9. The summed E-state index contributed by atoms with van der Waals surface area (Å²) >= 11 is 7.66. The number of anilines is 4. The van der Waals surface area contributed by atoms with Crippen molar-refractivity contribution >= 4 is 82.6 Å². The Kier molecular flexibility index (Phi) is 17.9. The van der Waals surface area contributed by atoms with E-state index in [1.807, 2.05) is 74.2 Å². The molecule has 0 bridgehead atoms. The molecule has 5 aromatic carbocycles. The van der Waals surface area contributed by atoms with E-state index in [-0.39, 0.29) is 17.5 Å². The molecule has 23 heteroatoms. The van der Waals surface area contributed by atoms with Crippen LogP contribution < -0.4 is 19.8 Å². The molecule has 14 nitrogen and oxygen atoms in total. The highest BCUT2D eigenvalue weighted by Crippen LogP contribution is 2.44. The third-order valence-corrected chi connectivity index (χ3v) is 18.8. The topological polar surface area (TPSA) is 178 Å². The largest absolute Gasteiger partial charge is 0.501 e. The average Bonchev–Trinajstić information content (AvgIpc) is 3.74. The quantitative estimate of drug-likeness (QED) is 0.0323. The van der Waals surface area contributed by atoms with Crippen LogP contribution in [-0.4, -0.2) is 109 Å². The lowest BCUT2D eigenvalue weighted by atomic mass is 9.96. The smallest absolute Gasteiger partial charge is 0.481 e. The van der Waals surface area contributed by atoms with E-state index < -0.39 is 75.3 Å². The van der Waals surface area contributed by atoms with E-state index in [4.69, 9.17) is 11.6 Å². The van der Waals surface area contributed by atoms with Gasteiger partial charge in [-0.15, -0.1) is 11.8 Å². The van der Waals surface area contributed by atoms with Gasteiger partial charge in [-0.05, 0) is 155 Å². The number of thiol groups is 1. The summed E-state index contributed by atoms with van der Waals surface area (Å²) < 4.78 is 142. The molecule has 2 aliphatic heterocycles. The molecule has 2 aliphatic rings. The van der Waals surface area contributed by atoms with Crippen molar-refractivity contribution in [2.75, 3.05) is 71.4 Å². The molecule has 412 valence electrons. The van der Waals surface area contributed by atoms with Gasteiger partial charge >= 0.3 is 11.5 Å². The molecule has 2 saturated heterocycles. The van der Waals surface area contributed by atoms with Crippen molar-refractivity contribution in [3.63, 3.8) is 0 Å². The molecule has 0 radical (unpaired) electrons. The number of piperidine rings is 1. The normalized spacial score (nSPS) is 15.6. The van der Waals surface area contributed by atoms with Crippen molar-refractivity contribution in [1.82, 2.24) is 9.47 Å². The predicted molar refractivity (Wildman–Crippen MR) is 297 cm³/mol. The molecule has 3 N–H and O–H groups in total. The van der Waals surface area contributed by atoms with Crippen molar-refractivity contribution in [2.24, 2.45) is 5.92 Å². The summed E-state index contributed by atoms with van der Waals surface area (Å²) in [5.41, 5.74) is -0.790. The Morgan fingerprint density at radius 2 is 1.45 bits per heavy atom. The minimum Gasteiger partial charge on any atom is -0.481 e. The van der Waals surface area contributed by atoms with E-state index in [0.717, 1.165) is 39.7 Å². The summed E-state index contributed by atoms with van der Waals surface area (Å²) in [6.45, 7) is 9.20. The molecule has 1 atom stereocenters. The fourth-order valence-electron chi connectivity index (χ4n) is 10.0. The number of carboxylic acid groups (broad SMARTS) is 1. The minimum absolute atomic E-state index is 0.0629. The summed E-state index contributed by atoms with van der Waals surface area (Å²) in [4.78, 5) is 16.6. The second-order valence-corrected chi connectivity index (χ2v) is 25.5. The summed E-state index contributed by atoms with van der Waals surface area (Å²) in [7, 11) is -13.6. The van der Waals surface area contributed by atoms with Gasteiger partial charge in [-0.3, -0.25) is 9.52 Å². The lowest BCUT2D eigenvalue weighted by Crippen LogP contribution is -2.46. The van der Waals surface area contributed by atoms with Gasteiger partial charge in [0.25, 0.3) is 19.9 Å². The molecule has 0 amide bonds. The zero-order valence-corrected chi connectivity index (χ0v) is 46.4. The van der Waals surface area contributed by atoms with Gasteiger partial charge in [0.1, 0.15) is 21.4 Å². The Balaban J connectivity index is 0.978. The second-order valence-electron chi connectivity index (χ2n) is 19.4. The molecule has 3 heterocycles. The van der Waals surface area contributed by atoms with Crippen molar-refractivity contribution < 1.29 is 52.7 Å². The van der Waals surface area contributed by atoms with Crippen LogP contribution in [0.25, 0.3) is 22.4 Å². The summed E-state index contributed by atoms with van der Waals surface area (Å²) in [6.07, 6.45) is 1.23. The Hall–Kier alpha value is -5.78. The van der Waals surface area contributed by atoms with Crippen LogP contribution in [0.4, 0.5) is 40.3 Å². The van der Waals surface area contributed by atoms with Gasteiger partial charge in [0.15, 0.2) is 0 Å². The van der Waals surface area contributed by atoms with Crippen LogP contribution in [0.2, 0.25) is 5.02 Å². The molecule has 0 saturated carbocycles. The Bertz CT molecular complexity index is 3380. The fraction of sp³-hybridized carbons (Fsp3) is 0.352. The standard InChI is InChI=1S/C54H59ClF4N6O8S4/c1-35(2)65-36(3)48(34-75(68)69)51(52(65)37-9-11-40(55)12-10-37)39-29-41(56)31-45(30-39)64-27-25-63(26-28-64)44-15-13-42(14-16-44)61-77(72,73)47-17-18-49(50(32-47)76(70,71)54(57,58)59)60-43(33-74-46-7-5-4-6-8-46)21-24-62-22-19-38(20-23-62)53(66)67/h4-18,29-32,35,38,43,60-61,75H,19-28,33-34H2,1-3H3,(H,66,67)/t43-/m1/s1. The third kappa shape index (κ3) is 13.6. The maximum atomic E-state index is 15.8. The number of likely N-dealkylation sites (tertiary alicyclic amines) is 1. The van der Waals surface area contributed by atoms with Crippen molar-refractivity contribution in [1.29, 1.82) is 0 Å². The number of thioether (sulfide) groups is 1. The molecular formula is C54H59ClF4N6O8S4. The van der Waals surface area contributed by atoms with Crippen LogP contribution in [-0.2, 0) is 41.1 Å². The molecule has 0 aliphatic carbocycles. The maximum absolute atomic E-state index is 15.8. The van der Waals surface area contributed by atoms with E-state index in [9.17, 15) is 48.3 Å². The Morgan fingerprint density at radius 3 is 2.05 bits per heavy atom. The first kappa shape index (κ1) is 57.4. The number of aromatic nitrogens is 1. The van der Waals surface area contributed by atoms with E-state index in [0.29, 0.717) is 104 Å². The summed E-state index contributed by atoms with van der Waals surface area (Å²) in [6, 6.07) is 29.4. The SMILES string of the molecule is Cc1c(C[SH](=O)=O)c(-c2cc(F)cc(N3CCN(c4ccc(NS(=O)(=O)c5ccc(N[C@H](CCN6CCC(C(=O)O)CC6)CSc6ccccc6)c(S(=O)(=O)C(F)(F)F)c5)cc4)CC3)c2)c(-c2ccc(Cl)cc2)n1C(C)C. The molecule has 2 fully saturated rings. The number of hydrogen-bond donors (Lipinski definition) is 4. The first-order valence-electron chi connectivity index (χ1n) is 24.9. The van der Waals surface area contributed by atoms with Gasteiger partial charge in [0.2, 0.25) is 0 Å². The molecule has 0 unspecified atom stereocenters. The molecule has 77 heavy (non-hydrogen) atoms. The van der Waals surface area contributed by atoms with Crippen LogP contribution in [0, 0.1) is 18.7 Å². The number of halogens is 5. The molecule has 6 aromatic rings. The highest BCUT2D eigenvalue weighted by Gasteiger charge is 2.48. The average molecular weight is 1160 g/mol. The monoisotopic (exact) mass is 1160 g/mol. The lowest BCUT2D eigenvalue weighted by molar-refractivity contribution is -0.143. The van der Waals surface area contributed by atoms with Crippen LogP contribution >= 0.6 is 23.4 Å². The van der Waals surface area contributed by atoms with E-state index >= 15 is 4.39 Å². The van der Waals surface area contributed by atoms with Crippen LogP contribution in [0.5, 0.6) is 0 Å². The van der Waals surface area contributed by atoms with Gasteiger partial charge in [0, 0.05) is 88.8 Å². The third-order valence-electron chi connectivity index (χ3n) is 13.9. The lowest BCUT2D eigenvalue weighted by Gasteiger charge is -2.37. The number of carbonyl (C=O) groups is 1. The van der Waals surface area contributed by atoms with Crippen molar-refractivity contribution in [3.8, 4) is 22.4 Å².